The molecule has 6 nitrogen and oxygen atoms in total. The number of nitrogen functional groups attached to an aromatic ring is 3. The maximum atomic E-state index is 14.0. The molecule has 4 aromatic carbocycles. The van der Waals surface area contributed by atoms with E-state index in [-0.39, 0.29) is 23.0 Å². The van der Waals surface area contributed by atoms with E-state index >= 15 is 0 Å². The maximum Gasteiger partial charge on any atom is 0.146 e. The Morgan fingerprint density at radius 2 is 0.884 bits per heavy atom. The summed E-state index contributed by atoms with van der Waals surface area (Å²) in [5.41, 5.74) is 18.3. The van der Waals surface area contributed by atoms with Crippen LogP contribution in [0, 0.1) is 41.1 Å². The largest absolute Gasteiger partial charge is 0.457 e. The average molecular weight is 588 g/mol. The molecular formula is C34H32F3N3O3. The molecule has 6 N–H and O–H groups in total. The van der Waals surface area contributed by atoms with Gasteiger partial charge in [0.2, 0.25) is 0 Å². The minimum absolute atomic E-state index is 0.0406. The molecule has 4 aliphatic carbocycles. The molecule has 0 amide bonds. The van der Waals surface area contributed by atoms with E-state index in [4.69, 9.17) is 31.4 Å². The van der Waals surface area contributed by atoms with Crippen LogP contribution in [0.15, 0.2) is 66.7 Å². The molecule has 4 fully saturated rings. The Hall–Kier alpha value is -4.53. The topological polar surface area (TPSA) is 106 Å². The average Bonchev–Trinajstić information content (AvgIpc) is 2.95. The zero-order valence-electron chi connectivity index (χ0n) is 23.4. The quantitative estimate of drug-likeness (QED) is 0.187. The predicted octanol–water partition coefficient (Wildman–Crippen LogP) is 8.77. The summed E-state index contributed by atoms with van der Waals surface area (Å²) in [5.74, 6) is 3.15. The molecule has 0 aromatic heterocycles. The molecule has 4 saturated carbocycles. The predicted molar refractivity (Wildman–Crippen MR) is 159 cm³/mol. The lowest BCUT2D eigenvalue weighted by atomic mass is 9.50. The highest BCUT2D eigenvalue weighted by Crippen LogP contribution is 2.63. The Kier molecular flexibility index (Phi) is 6.75. The van der Waals surface area contributed by atoms with E-state index in [2.05, 4.69) is 0 Å². The van der Waals surface area contributed by atoms with E-state index in [0.717, 1.165) is 43.1 Å². The van der Waals surface area contributed by atoms with Crippen molar-refractivity contribution in [3.63, 3.8) is 0 Å². The first-order valence-corrected chi connectivity index (χ1v) is 14.6. The third-order valence-corrected chi connectivity index (χ3v) is 9.23. The zero-order valence-corrected chi connectivity index (χ0v) is 23.4. The Balaban J connectivity index is 1.38. The second-order valence-corrected chi connectivity index (χ2v) is 12.1. The van der Waals surface area contributed by atoms with Gasteiger partial charge in [0, 0.05) is 35.9 Å². The van der Waals surface area contributed by atoms with E-state index in [1.54, 1.807) is 12.1 Å². The van der Waals surface area contributed by atoms with Gasteiger partial charge in [0.15, 0.2) is 0 Å². The molecule has 4 aromatic rings. The van der Waals surface area contributed by atoms with E-state index in [1.807, 2.05) is 0 Å². The number of nitrogens with two attached hydrogens (primary N) is 3. The van der Waals surface area contributed by atoms with Crippen molar-refractivity contribution < 1.29 is 27.4 Å². The highest BCUT2D eigenvalue weighted by atomic mass is 19.1. The van der Waals surface area contributed by atoms with Crippen molar-refractivity contribution in [1.29, 1.82) is 0 Å². The van der Waals surface area contributed by atoms with Gasteiger partial charge in [0.25, 0.3) is 0 Å². The van der Waals surface area contributed by atoms with E-state index in [9.17, 15) is 13.2 Å². The molecule has 8 rings (SSSR count). The Bertz CT molecular complexity index is 1610. The van der Waals surface area contributed by atoms with Gasteiger partial charge in [-0.3, -0.25) is 0 Å². The summed E-state index contributed by atoms with van der Waals surface area (Å²) in [4.78, 5) is 0. The molecule has 222 valence electrons. The molecule has 4 aliphatic rings. The van der Waals surface area contributed by atoms with E-state index < -0.39 is 17.5 Å². The maximum absolute atomic E-state index is 14.0. The normalized spacial score (nSPS) is 23.7. The van der Waals surface area contributed by atoms with Gasteiger partial charge in [-0.15, -0.1) is 0 Å². The van der Waals surface area contributed by atoms with E-state index in [0.29, 0.717) is 46.3 Å². The van der Waals surface area contributed by atoms with Crippen LogP contribution < -0.4 is 31.4 Å². The third kappa shape index (κ3) is 5.28. The molecule has 4 bridgehead atoms. The fourth-order valence-electron chi connectivity index (χ4n) is 7.68. The molecular weight excluding hydrogens is 555 g/mol. The Morgan fingerprint density at radius 3 is 1.28 bits per heavy atom. The minimum atomic E-state index is -0.555. The fourth-order valence-corrected chi connectivity index (χ4v) is 7.68. The second kappa shape index (κ2) is 10.6. The highest BCUT2D eigenvalue weighted by molar-refractivity contribution is 5.58. The lowest BCUT2D eigenvalue weighted by molar-refractivity contribution is -0.00397. The standard InChI is InChI=1S/C34H32F3N3O3/c35-25-4-1-21(12-28(25)38)41-24-15-31(42-22-2-5-26(36)29(39)13-22)34(32(16-24)43-23-3-6-27(37)30(40)14-23)33-19-8-17-7-18(10-19)11-20(33)9-17/h1-6,12-20,33H,7-11,38-40H2. The summed E-state index contributed by atoms with van der Waals surface area (Å²) in [6.07, 6.45) is 5.84. The van der Waals surface area contributed by atoms with Gasteiger partial charge in [-0.1, -0.05) is 0 Å². The summed E-state index contributed by atoms with van der Waals surface area (Å²) < 4.78 is 61.0. The Morgan fingerprint density at radius 1 is 0.488 bits per heavy atom. The molecule has 0 unspecified atom stereocenters. The van der Waals surface area contributed by atoms with Crippen LogP contribution in [-0.4, -0.2) is 0 Å². The van der Waals surface area contributed by atoms with Crippen LogP contribution in [0.1, 0.15) is 43.6 Å². The van der Waals surface area contributed by atoms with Gasteiger partial charge >= 0.3 is 0 Å². The second-order valence-electron chi connectivity index (χ2n) is 12.1. The van der Waals surface area contributed by atoms with Gasteiger partial charge in [-0.2, -0.15) is 0 Å². The summed E-state index contributed by atoms with van der Waals surface area (Å²) in [6.45, 7) is 0. The van der Waals surface area contributed by atoms with Crippen molar-refractivity contribution in [2.45, 2.75) is 38.0 Å². The lowest BCUT2D eigenvalue weighted by Crippen LogP contribution is -2.43. The molecule has 0 spiro atoms. The monoisotopic (exact) mass is 587 g/mol. The van der Waals surface area contributed by atoms with Crippen LogP contribution in [0.5, 0.6) is 34.5 Å². The summed E-state index contributed by atoms with van der Waals surface area (Å²) in [6, 6.07) is 16.0. The van der Waals surface area contributed by atoms with Crippen LogP contribution in [-0.2, 0) is 0 Å². The van der Waals surface area contributed by atoms with Gasteiger partial charge in [0.05, 0.1) is 17.1 Å². The Labute approximate surface area is 247 Å². The van der Waals surface area contributed by atoms with Gasteiger partial charge < -0.3 is 31.4 Å². The van der Waals surface area contributed by atoms with Gasteiger partial charge in [-0.25, -0.2) is 13.2 Å². The van der Waals surface area contributed by atoms with Crippen molar-refractivity contribution in [1.82, 2.24) is 0 Å². The highest BCUT2D eigenvalue weighted by Gasteiger charge is 2.50. The molecule has 0 aliphatic heterocycles. The number of hydrogen-bond donors (Lipinski definition) is 3. The van der Waals surface area contributed by atoms with Gasteiger partial charge in [-0.05, 0) is 98.1 Å². The first-order chi connectivity index (χ1) is 20.7. The summed E-state index contributed by atoms with van der Waals surface area (Å²) >= 11 is 0. The number of benzene rings is 4. The van der Waals surface area contributed by atoms with Crippen LogP contribution >= 0.6 is 0 Å². The van der Waals surface area contributed by atoms with Crippen LogP contribution in [0.2, 0.25) is 0 Å². The molecule has 9 heteroatoms. The molecule has 0 saturated heterocycles. The summed E-state index contributed by atoms with van der Waals surface area (Å²) in [7, 11) is 0. The van der Waals surface area contributed by atoms with Gasteiger partial charge in [0.1, 0.15) is 51.9 Å². The number of rotatable bonds is 7. The van der Waals surface area contributed by atoms with Crippen molar-refractivity contribution in [2.24, 2.45) is 23.7 Å². The van der Waals surface area contributed by atoms with Crippen molar-refractivity contribution in [3.05, 3.63) is 89.7 Å². The lowest BCUT2D eigenvalue weighted by Gasteiger charge is -2.54. The minimum Gasteiger partial charge on any atom is -0.457 e. The van der Waals surface area contributed by atoms with Crippen molar-refractivity contribution in [3.8, 4) is 34.5 Å². The first-order valence-electron chi connectivity index (χ1n) is 14.6. The van der Waals surface area contributed by atoms with Crippen molar-refractivity contribution >= 4 is 17.1 Å². The zero-order chi connectivity index (χ0) is 29.8. The molecule has 0 radical (unpaired) electrons. The first kappa shape index (κ1) is 27.3. The van der Waals surface area contributed by atoms with Crippen LogP contribution in [0.3, 0.4) is 0 Å². The van der Waals surface area contributed by atoms with Crippen molar-refractivity contribution in [2.75, 3.05) is 17.2 Å². The fraction of sp³-hybridized carbons (Fsp3) is 0.294. The number of ether oxygens (including phenoxy) is 3. The number of halogens is 3. The SMILES string of the molecule is Nc1cc(Oc2cc(Oc3ccc(F)c(N)c3)c(C3C4CC5CC(C4)CC3C5)c(Oc3ccc(F)c(N)c3)c2)ccc1F. The third-order valence-electron chi connectivity index (χ3n) is 9.23. The molecule has 0 heterocycles. The summed E-state index contributed by atoms with van der Waals surface area (Å²) in [5, 5.41) is 0. The van der Waals surface area contributed by atoms with Crippen LogP contribution in [0.4, 0.5) is 30.2 Å². The smallest absolute Gasteiger partial charge is 0.146 e. The number of hydrogen-bond acceptors (Lipinski definition) is 6. The molecule has 0 atom stereocenters. The number of anilines is 3. The van der Waals surface area contributed by atoms with E-state index in [1.165, 1.54) is 61.0 Å². The molecule has 43 heavy (non-hydrogen) atoms. The van der Waals surface area contributed by atoms with Crippen LogP contribution in [0.25, 0.3) is 0 Å².